The summed E-state index contributed by atoms with van der Waals surface area (Å²) in [5.74, 6) is -0.409. The average molecular weight is 393 g/mol. The SMILES string of the molecule is CCCC(=O)Nc1ccc(O)c(/C(C)=N/NC(=O)Cn2cnc3ccccc32)c1. The highest BCUT2D eigenvalue weighted by molar-refractivity contribution is 6.03. The van der Waals surface area contributed by atoms with Crippen LogP contribution in [0, 0.1) is 0 Å². The lowest BCUT2D eigenvalue weighted by Crippen LogP contribution is -2.24. The molecule has 0 atom stereocenters. The van der Waals surface area contributed by atoms with Gasteiger partial charge in [-0.1, -0.05) is 19.1 Å². The van der Waals surface area contributed by atoms with E-state index in [2.05, 4.69) is 20.8 Å². The third-order valence-electron chi connectivity index (χ3n) is 4.34. The van der Waals surface area contributed by atoms with E-state index in [0.29, 0.717) is 23.4 Å². The molecule has 0 spiro atoms. The Morgan fingerprint density at radius 2 is 1.97 bits per heavy atom. The Kier molecular flexibility index (Phi) is 6.23. The zero-order valence-corrected chi connectivity index (χ0v) is 16.3. The zero-order valence-electron chi connectivity index (χ0n) is 16.3. The molecule has 3 N–H and O–H groups in total. The van der Waals surface area contributed by atoms with Crippen molar-refractivity contribution in [2.45, 2.75) is 33.2 Å². The molecule has 3 rings (SSSR count). The number of imidazole rings is 1. The first-order chi connectivity index (χ1) is 14.0. The number of amides is 2. The Morgan fingerprint density at radius 3 is 2.76 bits per heavy atom. The molecule has 1 heterocycles. The molecule has 0 aliphatic heterocycles. The first-order valence-electron chi connectivity index (χ1n) is 9.34. The standard InChI is InChI=1S/C21H23N5O3/c1-3-6-20(28)23-15-9-10-19(27)16(11-15)14(2)24-25-21(29)12-26-13-22-17-7-4-5-8-18(17)26/h4-5,7-11,13,27H,3,6,12H2,1-2H3,(H,23,28)(H,25,29)/b24-14+. The lowest BCUT2D eigenvalue weighted by molar-refractivity contribution is -0.121. The number of nitrogens with zero attached hydrogens (tertiary/aromatic N) is 3. The van der Waals surface area contributed by atoms with Gasteiger partial charge in [0.25, 0.3) is 5.91 Å². The number of anilines is 1. The summed E-state index contributed by atoms with van der Waals surface area (Å²) >= 11 is 0. The molecule has 1 aromatic heterocycles. The predicted molar refractivity (Wildman–Crippen MR) is 112 cm³/mol. The van der Waals surface area contributed by atoms with E-state index in [1.807, 2.05) is 31.2 Å². The van der Waals surface area contributed by atoms with Crippen LogP contribution in [0.25, 0.3) is 11.0 Å². The molecule has 0 bridgehead atoms. The Bertz CT molecular complexity index is 1070. The van der Waals surface area contributed by atoms with Crippen LogP contribution in [0.5, 0.6) is 5.75 Å². The maximum atomic E-state index is 12.3. The van der Waals surface area contributed by atoms with Crippen LogP contribution >= 0.6 is 0 Å². The number of carbonyl (C=O) groups is 2. The lowest BCUT2D eigenvalue weighted by Gasteiger charge is -2.09. The Morgan fingerprint density at radius 1 is 1.17 bits per heavy atom. The number of carbonyl (C=O) groups excluding carboxylic acids is 2. The van der Waals surface area contributed by atoms with Crippen molar-refractivity contribution in [1.29, 1.82) is 0 Å². The molecule has 2 aromatic carbocycles. The summed E-state index contributed by atoms with van der Waals surface area (Å²) in [6.07, 6.45) is 2.77. The number of nitrogens with one attached hydrogen (secondary N) is 2. The van der Waals surface area contributed by atoms with Crippen molar-refractivity contribution in [3.63, 3.8) is 0 Å². The molecule has 0 aliphatic rings. The number of hydrogen-bond donors (Lipinski definition) is 3. The van der Waals surface area contributed by atoms with E-state index >= 15 is 0 Å². The molecular weight excluding hydrogens is 370 g/mol. The van der Waals surface area contributed by atoms with Gasteiger partial charge in [0.1, 0.15) is 12.3 Å². The summed E-state index contributed by atoms with van der Waals surface area (Å²) in [6.45, 7) is 3.66. The maximum Gasteiger partial charge on any atom is 0.260 e. The van der Waals surface area contributed by atoms with Crippen molar-refractivity contribution in [3.05, 3.63) is 54.4 Å². The topological polar surface area (TPSA) is 109 Å². The summed E-state index contributed by atoms with van der Waals surface area (Å²) in [6, 6.07) is 12.3. The summed E-state index contributed by atoms with van der Waals surface area (Å²) in [5.41, 5.74) is 5.56. The van der Waals surface area contributed by atoms with E-state index in [4.69, 9.17) is 0 Å². The molecule has 3 aromatic rings. The third-order valence-corrected chi connectivity index (χ3v) is 4.34. The summed E-state index contributed by atoms with van der Waals surface area (Å²) in [7, 11) is 0. The highest BCUT2D eigenvalue weighted by Crippen LogP contribution is 2.22. The number of aromatic nitrogens is 2. The average Bonchev–Trinajstić information content (AvgIpc) is 3.11. The van der Waals surface area contributed by atoms with Crippen LogP contribution in [-0.2, 0) is 16.1 Å². The number of aromatic hydroxyl groups is 1. The second kappa shape index (κ2) is 9.01. The van der Waals surface area contributed by atoms with E-state index in [0.717, 1.165) is 17.5 Å². The molecule has 0 aliphatic carbocycles. The summed E-state index contributed by atoms with van der Waals surface area (Å²) in [5, 5.41) is 17.0. The molecular formula is C21H23N5O3. The molecule has 29 heavy (non-hydrogen) atoms. The number of fused-ring (bicyclic) bond motifs is 1. The maximum absolute atomic E-state index is 12.3. The van der Waals surface area contributed by atoms with Crippen molar-refractivity contribution >= 4 is 34.2 Å². The molecule has 0 radical (unpaired) electrons. The number of para-hydroxylation sites is 2. The van der Waals surface area contributed by atoms with Gasteiger partial charge in [0, 0.05) is 17.7 Å². The van der Waals surface area contributed by atoms with Gasteiger partial charge in [-0.05, 0) is 43.7 Å². The van der Waals surface area contributed by atoms with Crippen LogP contribution < -0.4 is 10.7 Å². The van der Waals surface area contributed by atoms with E-state index in [-0.39, 0.29) is 24.1 Å². The first kappa shape index (κ1) is 20.1. The Balaban J connectivity index is 1.68. The van der Waals surface area contributed by atoms with Gasteiger partial charge in [0.05, 0.1) is 23.1 Å². The molecule has 150 valence electrons. The number of rotatable bonds is 7. The van der Waals surface area contributed by atoms with E-state index < -0.39 is 0 Å². The van der Waals surface area contributed by atoms with E-state index in [1.165, 1.54) is 6.07 Å². The fourth-order valence-corrected chi connectivity index (χ4v) is 2.89. The van der Waals surface area contributed by atoms with E-state index in [9.17, 15) is 14.7 Å². The molecule has 0 unspecified atom stereocenters. The second-order valence-corrected chi connectivity index (χ2v) is 6.62. The van der Waals surface area contributed by atoms with Crippen LogP contribution in [0.3, 0.4) is 0 Å². The minimum Gasteiger partial charge on any atom is -0.507 e. The highest BCUT2D eigenvalue weighted by atomic mass is 16.3. The normalized spacial score (nSPS) is 11.4. The minimum absolute atomic E-state index is 0.00888. The molecule has 8 heteroatoms. The number of benzene rings is 2. The predicted octanol–water partition coefficient (Wildman–Crippen LogP) is 3.02. The second-order valence-electron chi connectivity index (χ2n) is 6.62. The van der Waals surface area contributed by atoms with Crippen LogP contribution in [-0.4, -0.2) is 32.2 Å². The number of phenolic OH excluding ortho intramolecular Hbond substituents is 1. The zero-order chi connectivity index (χ0) is 20.8. The Labute approximate surface area is 168 Å². The van der Waals surface area contributed by atoms with Crippen LogP contribution in [0.4, 0.5) is 5.69 Å². The van der Waals surface area contributed by atoms with Crippen LogP contribution in [0.15, 0.2) is 53.9 Å². The van der Waals surface area contributed by atoms with Crippen molar-refractivity contribution < 1.29 is 14.7 Å². The van der Waals surface area contributed by atoms with E-state index in [1.54, 1.807) is 30.0 Å². The third kappa shape index (κ3) is 4.98. The van der Waals surface area contributed by atoms with Gasteiger partial charge in [-0.15, -0.1) is 0 Å². The van der Waals surface area contributed by atoms with Gasteiger partial charge in [-0.3, -0.25) is 9.59 Å². The van der Waals surface area contributed by atoms with Crippen molar-refractivity contribution in [2.24, 2.45) is 5.10 Å². The molecule has 0 saturated carbocycles. The van der Waals surface area contributed by atoms with Gasteiger partial charge in [-0.2, -0.15) is 5.10 Å². The molecule has 0 saturated heterocycles. The Hall–Kier alpha value is -3.68. The van der Waals surface area contributed by atoms with Crippen molar-refractivity contribution in [3.8, 4) is 5.75 Å². The largest absolute Gasteiger partial charge is 0.507 e. The van der Waals surface area contributed by atoms with Crippen molar-refractivity contribution in [1.82, 2.24) is 15.0 Å². The van der Waals surface area contributed by atoms with Gasteiger partial charge in [-0.25, -0.2) is 10.4 Å². The number of hydrazone groups is 1. The number of hydrogen-bond acceptors (Lipinski definition) is 5. The fourth-order valence-electron chi connectivity index (χ4n) is 2.89. The molecule has 2 amide bonds. The summed E-state index contributed by atoms with van der Waals surface area (Å²) < 4.78 is 1.73. The van der Waals surface area contributed by atoms with Crippen LogP contribution in [0.1, 0.15) is 32.3 Å². The van der Waals surface area contributed by atoms with Gasteiger partial charge < -0.3 is 15.0 Å². The van der Waals surface area contributed by atoms with Gasteiger partial charge in [0.15, 0.2) is 0 Å². The smallest absolute Gasteiger partial charge is 0.260 e. The minimum atomic E-state index is -0.320. The quantitative estimate of drug-likeness (QED) is 0.326. The molecule has 0 fully saturated rings. The first-order valence-corrected chi connectivity index (χ1v) is 9.34. The lowest BCUT2D eigenvalue weighted by atomic mass is 10.1. The van der Waals surface area contributed by atoms with Crippen LogP contribution in [0.2, 0.25) is 0 Å². The fraction of sp³-hybridized carbons (Fsp3) is 0.238. The number of phenols is 1. The monoisotopic (exact) mass is 393 g/mol. The van der Waals surface area contributed by atoms with Gasteiger partial charge >= 0.3 is 0 Å². The van der Waals surface area contributed by atoms with Crippen molar-refractivity contribution in [2.75, 3.05) is 5.32 Å². The molecule has 8 nitrogen and oxygen atoms in total. The highest BCUT2D eigenvalue weighted by Gasteiger charge is 2.10. The van der Waals surface area contributed by atoms with Gasteiger partial charge in [0.2, 0.25) is 5.91 Å². The summed E-state index contributed by atoms with van der Waals surface area (Å²) in [4.78, 5) is 28.3.